The van der Waals surface area contributed by atoms with Gasteiger partial charge in [0.25, 0.3) is 0 Å². The molecule has 0 nitrogen and oxygen atoms in total. The largest absolute Gasteiger partial charge is 0.0956 e. The zero-order chi connectivity index (χ0) is 19.4. The van der Waals surface area contributed by atoms with E-state index in [0.29, 0.717) is 5.41 Å². The molecule has 4 unspecified atom stereocenters. The average Bonchev–Trinajstić information content (AvgIpc) is 2.98. The molecule has 0 bridgehead atoms. The van der Waals surface area contributed by atoms with Crippen molar-refractivity contribution in [2.24, 2.45) is 29.1 Å². The highest BCUT2D eigenvalue weighted by molar-refractivity contribution is 5.35. The maximum absolute atomic E-state index is 4.32. The highest BCUT2D eigenvalue weighted by Gasteiger charge is 2.50. The van der Waals surface area contributed by atoms with Crippen LogP contribution in [0.1, 0.15) is 105 Å². The summed E-state index contributed by atoms with van der Waals surface area (Å²) < 4.78 is 0. The van der Waals surface area contributed by atoms with Gasteiger partial charge in [-0.2, -0.15) is 0 Å². The summed E-state index contributed by atoms with van der Waals surface area (Å²) in [4.78, 5) is 0. The molecule has 0 spiro atoms. The van der Waals surface area contributed by atoms with Crippen molar-refractivity contribution < 1.29 is 0 Å². The summed E-state index contributed by atoms with van der Waals surface area (Å²) in [5, 5.41) is 0. The second kappa shape index (κ2) is 9.15. The lowest BCUT2D eigenvalue weighted by atomic mass is 9.60. The predicted molar refractivity (Wildman–Crippen MR) is 120 cm³/mol. The molecule has 3 saturated carbocycles. The first-order valence-corrected chi connectivity index (χ1v) is 12.0. The van der Waals surface area contributed by atoms with Gasteiger partial charge in [0.1, 0.15) is 0 Å². The summed E-state index contributed by atoms with van der Waals surface area (Å²) in [5.41, 5.74) is 5.27. The van der Waals surface area contributed by atoms with E-state index in [1.165, 1.54) is 88.2 Å². The monoisotopic (exact) mass is 368 g/mol. The van der Waals surface area contributed by atoms with Gasteiger partial charge in [-0.3, -0.25) is 0 Å². The summed E-state index contributed by atoms with van der Waals surface area (Å²) in [5.74, 6) is 3.54. The fraction of sp³-hybridized carbons (Fsp3) is 0.778. The first kappa shape index (κ1) is 20.9. The highest BCUT2D eigenvalue weighted by atomic mass is 14.5. The Balaban J connectivity index is 1.69. The van der Waals surface area contributed by atoms with Crippen LogP contribution in [0.4, 0.5) is 0 Å². The predicted octanol–water partition coefficient (Wildman–Crippen LogP) is 8.65. The van der Waals surface area contributed by atoms with Gasteiger partial charge in [0, 0.05) is 0 Å². The number of hydrogen-bond acceptors (Lipinski definition) is 0. The van der Waals surface area contributed by atoms with Crippen molar-refractivity contribution in [3.8, 4) is 0 Å². The van der Waals surface area contributed by atoms with Gasteiger partial charge >= 0.3 is 0 Å². The molecule has 0 heterocycles. The lowest BCUT2D eigenvalue weighted by molar-refractivity contribution is 0.0929. The van der Waals surface area contributed by atoms with Gasteiger partial charge in [-0.05, 0) is 92.4 Å². The minimum atomic E-state index is 0.559. The number of allylic oxidation sites excluding steroid dienone is 5. The second-order valence-corrected chi connectivity index (χ2v) is 10.6. The van der Waals surface area contributed by atoms with Crippen molar-refractivity contribution in [3.63, 3.8) is 0 Å². The Morgan fingerprint density at radius 3 is 2.52 bits per heavy atom. The average molecular weight is 369 g/mol. The highest BCUT2D eigenvalue weighted by Crippen LogP contribution is 2.59. The Hall–Kier alpha value is -0.780. The third-order valence-corrected chi connectivity index (χ3v) is 8.29. The third-order valence-electron chi connectivity index (χ3n) is 8.29. The van der Waals surface area contributed by atoms with Crippen molar-refractivity contribution in [2.45, 2.75) is 105 Å². The van der Waals surface area contributed by atoms with Crippen LogP contribution in [0.3, 0.4) is 0 Å². The first-order chi connectivity index (χ1) is 12.9. The number of fused-ring (bicyclic) bond motifs is 1. The molecule has 0 aliphatic heterocycles. The smallest absolute Gasteiger partial charge is 0.0143 e. The van der Waals surface area contributed by atoms with Gasteiger partial charge < -0.3 is 0 Å². The second-order valence-electron chi connectivity index (χ2n) is 10.6. The molecule has 0 N–H and O–H groups in total. The standard InChI is InChI=1S/C27H44/c1-20(2)10-8-12-22(4)25-17-18-26-24(14-9-19-27(25,26)5)16-15-23-13-7-6-11-21(23)3/h15-16,20,22,25-26H,3,6-14,17-19H2,1-2,4-5H3/b23-15?,24-16+. The summed E-state index contributed by atoms with van der Waals surface area (Å²) in [6.45, 7) is 14.3. The maximum Gasteiger partial charge on any atom is -0.0143 e. The van der Waals surface area contributed by atoms with Gasteiger partial charge in [0.05, 0.1) is 0 Å². The molecule has 4 atom stereocenters. The van der Waals surface area contributed by atoms with Crippen LogP contribution in [0.15, 0.2) is 35.5 Å². The molecular formula is C27H44. The SMILES string of the molecule is C=C1CCCCC1=C/C=C1\CCCC2(C)C1CCC2C(C)CCCC(C)C. The summed E-state index contributed by atoms with van der Waals surface area (Å²) in [7, 11) is 0. The van der Waals surface area contributed by atoms with Gasteiger partial charge in [-0.1, -0.05) is 76.8 Å². The molecule has 0 radical (unpaired) electrons. The van der Waals surface area contributed by atoms with Crippen LogP contribution in [0.2, 0.25) is 0 Å². The van der Waals surface area contributed by atoms with Gasteiger partial charge in [-0.15, -0.1) is 0 Å². The van der Waals surface area contributed by atoms with E-state index in [0.717, 1.165) is 23.7 Å². The van der Waals surface area contributed by atoms with Crippen LogP contribution < -0.4 is 0 Å². The van der Waals surface area contributed by atoms with Crippen LogP contribution in [0, 0.1) is 29.1 Å². The molecule has 0 aromatic carbocycles. The molecule has 0 aromatic rings. The maximum atomic E-state index is 4.32. The van der Waals surface area contributed by atoms with Crippen LogP contribution in [0.5, 0.6) is 0 Å². The molecule has 27 heavy (non-hydrogen) atoms. The van der Waals surface area contributed by atoms with Crippen LogP contribution >= 0.6 is 0 Å². The fourth-order valence-electron chi connectivity index (χ4n) is 6.66. The molecule has 0 aromatic heterocycles. The number of rotatable bonds is 6. The van der Waals surface area contributed by atoms with Gasteiger partial charge in [-0.25, -0.2) is 0 Å². The van der Waals surface area contributed by atoms with Crippen molar-refractivity contribution in [2.75, 3.05) is 0 Å². The van der Waals surface area contributed by atoms with Crippen LogP contribution in [0.25, 0.3) is 0 Å². The molecule has 152 valence electrons. The van der Waals surface area contributed by atoms with E-state index in [1.54, 1.807) is 5.57 Å². The Labute approximate surface area is 169 Å². The summed E-state index contributed by atoms with van der Waals surface area (Å²) >= 11 is 0. The Bertz CT molecular complexity index is 575. The van der Waals surface area contributed by atoms with Crippen molar-refractivity contribution in [1.29, 1.82) is 0 Å². The lowest BCUT2D eigenvalue weighted by Crippen LogP contribution is -2.36. The minimum absolute atomic E-state index is 0.559. The van der Waals surface area contributed by atoms with Gasteiger partial charge in [0.15, 0.2) is 0 Å². The Morgan fingerprint density at radius 1 is 1.00 bits per heavy atom. The van der Waals surface area contributed by atoms with E-state index in [4.69, 9.17) is 0 Å². The van der Waals surface area contributed by atoms with E-state index < -0.39 is 0 Å². The quantitative estimate of drug-likeness (QED) is 0.440. The van der Waals surface area contributed by atoms with E-state index in [9.17, 15) is 0 Å². The molecule has 3 rings (SSSR count). The summed E-state index contributed by atoms with van der Waals surface area (Å²) in [6, 6.07) is 0. The molecule has 3 aliphatic carbocycles. The molecule has 0 heteroatoms. The zero-order valence-electron chi connectivity index (χ0n) is 18.7. The van der Waals surface area contributed by atoms with E-state index in [1.807, 2.05) is 0 Å². The van der Waals surface area contributed by atoms with Gasteiger partial charge in [0.2, 0.25) is 0 Å². The number of hydrogen-bond donors (Lipinski definition) is 0. The van der Waals surface area contributed by atoms with Crippen LogP contribution in [-0.4, -0.2) is 0 Å². The summed E-state index contributed by atoms with van der Waals surface area (Å²) in [6.07, 6.45) is 21.5. The van der Waals surface area contributed by atoms with Crippen molar-refractivity contribution in [3.05, 3.63) is 35.5 Å². The van der Waals surface area contributed by atoms with E-state index >= 15 is 0 Å². The third kappa shape index (κ3) is 4.80. The topological polar surface area (TPSA) is 0 Å². The molecule has 0 saturated heterocycles. The van der Waals surface area contributed by atoms with Crippen molar-refractivity contribution in [1.82, 2.24) is 0 Å². The molecule has 3 aliphatic rings. The molecule has 3 fully saturated rings. The molecular weight excluding hydrogens is 324 g/mol. The lowest BCUT2D eigenvalue weighted by Gasteiger charge is -2.44. The van der Waals surface area contributed by atoms with E-state index in [2.05, 4.69) is 46.4 Å². The van der Waals surface area contributed by atoms with Crippen molar-refractivity contribution >= 4 is 0 Å². The van der Waals surface area contributed by atoms with E-state index in [-0.39, 0.29) is 0 Å². The van der Waals surface area contributed by atoms with Crippen LogP contribution in [-0.2, 0) is 0 Å². The molecule has 0 amide bonds. The Morgan fingerprint density at radius 2 is 1.78 bits per heavy atom. The minimum Gasteiger partial charge on any atom is -0.0956 e. The first-order valence-electron chi connectivity index (χ1n) is 12.0. The fourth-order valence-corrected chi connectivity index (χ4v) is 6.66. The Kier molecular flexibility index (Phi) is 7.09. The normalized spacial score (nSPS) is 35.8. The zero-order valence-corrected chi connectivity index (χ0v) is 18.7.